The van der Waals surface area contributed by atoms with Gasteiger partial charge in [0.25, 0.3) is 5.91 Å². The Kier molecular flexibility index (Phi) is 5.40. The zero-order valence-electron chi connectivity index (χ0n) is 15.6. The van der Waals surface area contributed by atoms with Gasteiger partial charge in [-0.1, -0.05) is 11.2 Å². The van der Waals surface area contributed by atoms with Crippen molar-refractivity contribution in [2.45, 2.75) is 31.8 Å². The zero-order chi connectivity index (χ0) is 18.6. The summed E-state index contributed by atoms with van der Waals surface area (Å²) >= 11 is 0. The smallest absolute Gasteiger partial charge is 0.251 e. The Morgan fingerprint density at radius 3 is 3.04 bits per heavy atom. The first-order valence-electron chi connectivity index (χ1n) is 9.44. The van der Waals surface area contributed by atoms with Gasteiger partial charge in [-0.25, -0.2) is 0 Å². The molecule has 1 aromatic carbocycles. The van der Waals surface area contributed by atoms with E-state index in [1.165, 1.54) is 0 Å². The molecule has 2 heterocycles. The quantitative estimate of drug-likeness (QED) is 0.864. The lowest BCUT2D eigenvalue weighted by molar-refractivity contribution is 0.0331. The lowest BCUT2D eigenvalue weighted by Crippen LogP contribution is -2.39. The minimum atomic E-state index is -0.0754. The van der Waals surface area contributed by atoms with Crippen molar-refractivity contribution in [1.29, 1.82) is 0 Å². The molecule has 7 heteroatoms. The molecule has 1 aromatic heterocycles. The molecular formula is C20H25N3O4. The number of hydrogen-bond acceptors (Lipinski definition) is 6. The second kappa shape index (κ2) is 8.10. The molecule has 0 bridgehead atoms. The van der Waals surface area contributed by atoms with E-state index in [1.54, 1.807) is 19.2 Å². The molecule has 1 fully saturated rings. The van der Waals surface area contributed by atoms with Crippen LogP contribution in [-0.2, 0) is 24.1 Å². The summed E-state index contributed by atoms with van der Waals surface area (Å²) < 4.78 is 16.2. The summed E-state index contributed by atoms with van der Waals surface area (Å²) in [7, 11) is 1.60. The number of nitrogens with one attached hydrogen (secondary N) is 1. The Morgan fingerprint density at radius 2 is 2.22 bits per heavy atom. The fourth-order valence-electron chi connectivity index (χ4n) is 3.71. The van der Waals surface area contributed by atoms with Crippen LogP contribution < -0.4 is 10.1 Å². The number of morpholine rings is 1. The molecule has 0 saturated carbocycles. The molecule has 1 amide bonds. The van der Waals surface area contributed by atoms with E-state index in [4.69, 9.17) is 14.0 Å². The van der Waals surface area contributed by atoms with Crippen LogP contribution in [0, 0.1) is 0 Å². The summed E-state index contributed by atoms with van der Waals surface area (Å²) in [5.74, 6) is 1.57. The van der Waals surface area contributed by atoms with Crippen LogP contribution in [0.3, 0.4) is 0 Å². The van der Waals surface area contributed by atoms with E-state index in [0.717, 1.165) is 69.1 Å². The van der Waals surface area contributed by atoms with Gasteiger partial charge in [0.05, 0.1) is 20.3 Å². The SMILES string of the molecule is COc1cccc(C(=O)NC2CCc3onc(CN4CCOCC4)c3C2)c1. The molecule has 1 aliphatic carbocycles. The lowest BCUT2D eigenvalue weighted by Gasteiger charge is -2.27. The number of fused-ring (bicyclic) bond motifs is 1. The number of amides is 1. The van der Waals surface area contributed by atoms with Gasteiger partial charge in [0.2, 0.25) is 0 Å². The molecule has 1 atom stereocenters. The van der Waals surface area contributed by atoms with Crippen molar-refractivity contribution < 1.29 is 18.8 Å². The Morgan fingerprint density at radius 1 is 1.37 bits per heavy atom. The van der Waals surface area contributed by atoms with Crippen molar-refractivity contribution in [1.82, 2.24) is 15.4 Å². The molecule has 0 spiro atoms. The Balaban J connectivity index is 1.41. The number of aromatic nitrogens is 1. The number of methoxy groups -OCH3 is 1. The molecule has 2 aliphatic rings. The van der Waals surface area contributed by atoms with Crippen LogP contribution in [0.15, 0.2) is 28.8 Å². The lowest BCUT2D eigenvalue weighted by atomic mass is 9.91. The molecule has 0 radical (unpaired) electrons. The summed E-state index contributed by atoms with van der Waals surface area (Å²) in [5, 5.41) is 7.45. The summed E-state index contributed by atoms with van der Waals surface area (Å²) in [5.41, 5.74) is 2.76. The number of carbonyl (C=O) groups excluding carboxylic acids is 1. The van der Waals surface area contributed by atoms with Gasteiger partial charge in [0.1, 0.15) is 17.2 Å². The van der Waals surface area contributed by atoms with Gasteiger partial charge in [-0.05, 0) is 31.0 Å². The molecule has 144 valence electrons. The minimum absolute atomic E-state index is 0.0754. The fourth-order valence-corrected chi connectivity index (χ4v) is 3.71. The van der Waals surface area contributed by atoms with E-state index in [1.807, 2.05) is 12.1 Å². The predicted octanol–water partition coefficient (Wildman–Crippen LogP) is 1.80. The first-order valence-corrected chi connectivity index (χ1v) is 9.44. The van der Waals surface area contributed by atoms with Gasteiger partial charge in [0, 0.05) is 43.2 Å². The molecule has 7 nitrogen and oxygen atoms in total. The second-order valence-corrected chi connectivity index (χ2v) is 7.06. The number of carbonyl (C=O) groups is 1. The van der Waals surface area contributed by atoms with E-state index in [9.17, 15) is 4.79 Å². The summed E-state index contributed by atoms with van der Waals surface area (Å²) in [6, 6.07) is 7.30. The third kappa shape index (κ3) is 4.14. The topological polar surface area (TPSA) is 76.8 Å². The van der Waals surface area contributed by atoms with Crippen molar-refractivity contribution in [2.24, 2.45) is 0 Å². The van der Waals surface area contributed by atoms with E-state index in [0.29, 0.717) is 11.3 Å². The number of hydrogen-bond donors (Lipinski definition) is 1. The van der Waals surface area contributed by atoms with Crippen LogP contribution in [0.5, 0.6) is 5.75 Å². The molecule has 2 aromatic rings. The molecule has 27 heavy (non-hydrogen) atoms. The maximum absolute atomic E-state index is 12.6. The van der Waals surface area contributed by atoms with Crippen LogP contribution in [0.2, 0.25) is 0 Å². The van der Waals surface area contributed by atoms with Gasteiger partial charge in [-0.15, -0.1) is 0 Å². The average Bonchev–Trinajstić information content (AvgIpc) is 3.11. The number of aryl methyl sites for hydroxylation is 1. The highest BCUT2D eigenvalue weighted by atomic mass is 16.5. The van der Waals surface area contributed by atoms with Gasteiger partial charge >= 0.3 is 0 Å². The molecule has 1 aliphatic heterocycles. The van der Waals surface area contributed by atoms with Crippen molar-refractivity contribution in [2.75, 3.05) is 33.4 Å². The first-order chi connectivity index (χ1) is 13.2. The highest BCUT2D eigenvalue weighted by Crippen LogP contribution is 2.26. The third-order valence-corrected chi connectivity index (χ3v) is 5.27. The zero-order valence-corrected chi connectivity index (χ0v) is 15.6. The maximum atomic E-state index is 12.6. The van der Waals surface area contributed by atoms with Crippen LogP contribution in [-0.4, -0.2) is 55.4 Å². The first kappa shape index (κ1) is 18.0. The number of benzene rings is 1. The number of ether oxygens (including phenoxy) is 2. The minimum Gasteiger partial charge on any atom is -0.497 e. The van der Waals surface area contributed by atoms with E-state index in [-0.39, 0.29) is 11.9 Å². The van der Waals surface area contributed by atoms with Crippen LogP contribution in [0.1, 0.15) is 33.8 Å². The fraction of sp³-hybridized carbons (Fsp3) is 0.500. The Bertz CT molecular complexity index is 798. The summed E-state index contributed by atoms with van der Waals surface area (Å²) in [6.07, 6.45) is 2.41. The normalized spacial score (nSPS) is 20.1. The standard InChI is InChI=1S/C20H25N3O4/c1-25-16-4-2-3-14(11-16)20(24)21-15-5-6-19-17(12-15)18(22-27-19)13-23-7-9-26-10-8-23/h2-4,11,15H,5-10,12-13H2,1H3,(H,21,24). The summed E-state index contributed by atoms with van der Waals surface area (Å²) in [6.45, 7) is 4.13. The number of rotatable bonds is 5. The van der Waals surface area contributed by atoms with Gasteiger partial charge in [-0.2, -0.15) is 0 Å². The monoisotopic (exact) mass is 371 g/mol. The molecule has 1 unspecified atom stereocenters. The second-order valence-electron chi connectivity index (χ2n) is 7.06. The van der Waals surface area contributed by atoms with Crippen molar-refractivity contribution in [3.05, 3.63) is 46.8 Å². The molecule has 1 saturated heterocycles. The number of nitrogens with zero attached hydrogens (tertiary/aromatic N) is 2. The van der Waals surface area contributed by atoms with Crippen molar-refractivity contribution in [3.63, 3.8) is 0 Å². The van der Waals surface area contributed by atoms with Gasteiger partial charge < -0.3 is 19.3 Å². The predicted molar refractivity (Wildman–Crippen MR) is 98.9 cm³/mol. The molecule has 1 N–H and O–H groups in total. The van der Waals surface area contributed by atoms with Crippen molar-refractivity contribution in [3.8, 4) is 5.75 Å². The Labute approximate surface area is 158 Å². The van der Waals surface area contributed by atoms with Crippen LogP contribution in [0.25, 0.3) is 0 Å². The van der Waals surface area contributed by atoms with E-state index < -0.39 is 0 Å². The van der Waals surface area contributed by atoms with Gasteiger partial charge in [-0.3, -0.25) is 9.69 Å². The van der Waals surface area contributed by atoms with E-state index >= 15 is 0 Å². The largest absolute Gasteiger partial charge is 0.497 e. The molecular weight excluding hydrogens is 346 g/mol. The third-order valence-electron chi connectivity index (χ3n) is 5.27. The highest BCUT2D eigenvalue weighted by molar-refractivity contribution is 5.94. The average molecular weight is 371 g/mol. The van der Waals surface area contributed by atoms with Gasteiger partial charge in [0.15, 0.2) is 0 Å². The Hall–Kier alpha value is -2.38. The highest BCUT2D eigenvalue weighted by Gasteiger charge is 2.28. The molecule has 4 rings (SSSR count). The van der Waals surface area contributed by atoms with Crippen LogP contribution >= 0.6 is 0 Å². The van der Waals surface area contributed by atoms with Crippen molar-refractivity contribution >= 4 is 5.91 Å². The maximum Gasteiger partial charge on any atom is 0.251 e. The van der Waals surface area contributed by atoms with E-state index in [2.05, 4.69) is 15.4 Å². The summed E-state index contributed by atoms with van der Waals surface area (Å²) in [4.78, 5) is 14.9. The van der Waals surface area contributed by atoms with Crippen LogP contribution in [0.4, 0.5) is 0 Å².